The van der Waals surface area contributed by atoms with Crippen LogP contribution in [-0.2, 0) is 27.7 Å². The third kappa shape index (κ3) is 5.41. The highest BCUT2D eigenvalue weighted by atomic mass is 32.2. The van der Waals surface area contributed by atoms with Gasteiger partial charge in [0.15, 0.2) is 0 Å². The first-order chi connectivity index (χ1) is 16.4. The zero-order valence-electron chi connectivity index (χ0n) is 19.0. The minimum Gasteiger partial charge on any atom is -0.299 e. The molecule has 0 spiro atoms. The van der Waals surface area contributed by atoms with Gasteiger partial charge < -0.3 is 0 Å². The summed E-state index contributed by atoms with van der Waals surface area (Å²) in [6.45, 7) is 0. The number of pyridine rings is 1. The van der Waals surface area contributed by atoms with E-state index in [0.717, 1.165) is 16.7 Å². The van der Waals surface area contributed by atoms with Gasteiger partial charge in [0.1, 0.15) is 5.78 Å². The Morgan fingerprint density at radius 1 is 0.824 bits per heavy atom. The monoisotopic (exact) mass is 470 g/mol. The number of carbonyl (C=O) groups is 1. The smallest absolute Gasteiger partial charge is 0.264 e. The standard InChI is InChI=1S/C28H26N2O3S/c1-30(34(32,33)28-12-6-5-11-27(28)24-9-3-2-4-10-24)25-16-13-22(14-17-25)20-26(31)18-15-23-8-7-19-29-21-23/h2-14,16-17,19,21H,15,18,20H2,1H3. The molecule has 0 unspecified atom stereocenters. The Bertz CT molecular complexity index is 1350. The summed E-state index contributed by atoms with van der Waals surface area (Å²) in [7, 11) is -2.24. The molecule has 0 aliphatic heterocycles. The highest BCUT2D eigenvalue weighted by Crippen LogP contribution is 2.31. The Kier molecular flexibility index (Phi) is 7.18. The lowest BCUT2D eigenvalue weighted by Gasteiger charge is -2.21. The van der Waals surface area contributed by atoms with Crippen LogP contribution in [0.5, 0.6) is 0 Å². The van der Waals surface area contributed by atoms with Crippen LogP contribution in [0, 0.1) is 0 Å². The van der Waals surface area contributed by atoms with E-state index < -0.39 is 10.0 Å². The number of aromatic nitrogens is 1. The van der Waals surface area contributed by atoms with Gasteiger partial charge in [0, 0.05) is 37.8 Å². The van der Waals surface area contributed by atoms with Crippen molar-refractivity contribution in [1.82, 2.24) is 4.98 Å². The van der Waals surface area contributed by atoms with Crippen molar-refractivity contribution in [2.75, 3.05) is 11.4 Å². The highest BCUT2D eigenvalue weighted by molar-refractivity contribution is 7.93. The first kappa shape index (κ1) is 23.4. The molecule has 6 heteroatoms. The average Bonchev–Trinajstić information content (AvgIpc) is 2.88. The molecule has 4 aromatic rings. The fourth-order valence-electron chi connectivity index (χ4n) is 3.80. The largest absolute Gasteiger partial charge is 0.299 e. The van der Waals surface area contributed by atoms with E-state index in [0.29, 0.717) is 30.5 Å². The number of anilines is 1. The normalized spacial score (nSPS) is 11.2. The summed E-state index contributed by atoms with van der Waals surface area (Å²) in [5.74, 6) is 0.134. The van der Waals surface area contributed by atoms with Gasteiger partial charge in [0.05, 0.1) is 10.6 Å². The van der Waals surface area contributed by atoms with E-state index in [1.165, 1.54) is 4.31 Å². The molecular weight excluding hydrogens is 444 g/mol. The van der Waals surface area contributed by atoms with Gasteiger partial charge in [-0.15, -0.1) is 0 Å². The Hall–Kier alpha value is -3.77. The van der Waals surface area contributed by atoms with Gasteiger partial charge in [-0.3, -0.25) is 14.1 Å². The zero-order chi connectivity index (χ0) is 24.0. The van der Waals surface area contributed by atoms with Crippen LogP contribution in [0.3, 0.4) is 0 Å². The van der Waals surface area contributed by atoms with Crippen molar-refractivity contribution in [1.29, 1.82) is 0 Å². The molecule has 4 rings (SSSR count). The number of hydrogen-bond donors (Lipinski definition) is 0. The van der Waals surface area contributed by atoms with Crippen LogP contribution in [0.1, 0.15) is 17.5 Å². The van der Waals surface area contributed by atoms with Gasteiger partial charge in [-0.2, -0.15) is 0 Å². The van der Waals surface area contributed by atoms with E-state index in [-0.39, 0.29) is 10.7 Å². The van der Waals surface area contributed by atoms with Gasteiger partial charge in [-0.1, -0.05) is 66.7 Å². The molecule has 0 N–H and O–H groups in total. The number of sulfonamides is 1. The Labute approximate surface area is 200 Å². The number of Topliss-reactive ketones (excluding diaryl/α,β-unsaturated/α-hetero) is 1. The summed E-state index contributed by atoms with van der Waals surface area (Å²) < 4.78 is 28.2. The van der Waals surface area contributed by atoms with E-state index in [9.17, 15) is 13.2 Å². The molecule has 0 fully saturated rings. The lowest BCUT2D eigenvalue weighted by molar-refractivity contribution is -0.118. The average molecular weight is 471 g/mol. The molecule has 0 aliphatic carbocycles. The van der Waals surface area contributed by atoms with Crippen LogP contribution >= 0.6 is 0 Å². The van der Waals surface area contributed by atoms with Crippen molar-refractivity contribution in [3.05, 3.63) is 115 Å². The van der Waals surface area contributed by atoms with E-state index in [1.54, 1.807) is 43.7 Å². The number of ketones is 1. The van der Waals surface area contributed by atoms with E-state index >= 15 is 0 Å². The van der Waals surface area contributed by atoms with Gasteiger partial charge in [0.25, 0.3) is 10.0 Å². The van der Waals surface area contributed by atoms with Crippen molar-refractivity contribution in [2.45, 2.75) is 24.2 Å². The zero-order valence-corrected chi connectivity index (χ0v) is 19.8. The summed E-state index contributed by atoms with van der Waals surface area (Å²) in [5, 5.41) is 0. The number of hydrogen-bond acceptors (Lipinski definition) is 4. The van der Waals surface area contributed by atoms with Crippen molar-refractivity contribution < 1.29 is 13.2 Å². The molecule has 0 aliphatic rings. The topological polar surface area (TPSA) is 67.3 Å². The van der Waals surface area contributed by atoms with Gasteiger partial charge >= 0.3 is 0 Å². The SMILES string of the molecule is CN(c1ccc(CC(=O)CCc2cccnc2)cc1)S(=O)(=O)c1ccccc1-c1ccccc1. The fourth-order valence-corrected chi connectivity index (χ4v) is 5.21. The van der Waals surface area contributed by atoms with Gasteiger partial charge in [-0.05, 0) is 47.4 Å². The third-order valence-corrected chi connectivity index (χ3v) is 7.57. The minimum absolute atomic E-state index is 0.134. The number of benzene rings is 3. The molecule has 3 aromatic carbocycles. The van der Waals surface area contributed by atoms with Gasteiger partial charge in [0.2, 0.25) is 0 Å². The van der Waals surface area contributed by atoms with Crippen LogP contribution in [0.4, 0.5) is 5.69 Å². The quantitative estimate of drug-likeness (QED) is 0.332. The van der Waals surface area contributed by atoms with Crippen LogP contribution in [-0.4, -0.2) is 26.2 Å². The van der Waals surface area contributed by atoms with E-state index in [2.05, 4.69) is 4.98 Å². The number of carbonyl (C=O) groups excluding carboxylic acids is 1. The number of aryl methyl sites for hydroxylation is 1. The molecule has 0 amide bonds. The highest BCUT2D eigenvalue weighted by Gasteiger charge is 2.24. The first-order valence-electron chi connectivity index (χ1n) is 11.1. The molecule has 0 saturated carbocycles. The predicted octanol–water partition coefficient (Wildman–Crippen LogP) is 5.32. The maximum absolute atomic E-state index is 13.5. The van der Waals surface area contributed by atoms with E-state index in [4.69, 9.17) is 0 Å². The molecule has 0 radical (unpaired) electrons. The van der Waals surface area contributed by atoms with Crippen LogP contribution < -0.4 is 4.31 Å². The molecule has 0 atom stereocenters. The Balaban J connectivity index is 1.47. The van der Waals surface area contributed by atoms with Crippen molar-refractivity contribution in [2.24, 2.45) is 0 Å². The summed E-state index contributed by atoms with van der Waals surface area (Å²) >= 11 is 0. The number of rotatable bonds is 9. The molecule has 34 heavy (non-hydrogen) atoms. The summed E-state index contributed by atoms with van der Waals surface area (Å²) in [4.78, 5) is 16.7. The van der Waals surface area contributed by atoms with Crippen molar-refractivity contribution in [3.8, 4) is 11.1 Å². The third-order valence-electron chi connectivity index (χ3n) is 5.73. The first-order valence-corrected chi connectivity index (χ1v) is 12.5. The van der Waals surface area contributed by atoms with E-state index in [1.807, 2.05) is 66.7 Å². The minimum atomic E-state index is -3.79. The second-order valence-corrected chi connectivity index (χ2v) is 10.0. The lowest BCUT2D eigenvalue weighted by Crippen LogP contribution is -2.27. The lowest BCUT2D eigenvalue weighted by atomic mass is 10.0. The van der Waals surface area contributed by atoms with Crippen LogP contribution in [0.15, 0.2) is 108 Å². The predicted molar refractivity (Wildman–Crippen MR) is 135 cm³/mol. The molecule has 172 valence electrons. The van der Waals surface area contributed by atoms with Crippen LogP contribution in [0.25, 0.3) is 11.1 Å². The summed E-state index contributed by atoms with van der Waals surface area (Å²) in [6.07, 6.45) is 4.90. The Morgan fingerprint density at radius 2 is 1.53 bits per heavy atom. The summed E-state index contributed by atoms with van der Waals surface area (Å²) in [5.41, 5.74) is 3.93. The molecule has 0 saturated heterocycles. The molecule has 0 bridgehead atoms. The maximum Gasteiger partial charge on any atom is 0.264 e. The second-order valence-electron chi connectivity index (χ2n) is 8.08. The van der Waals surface area contributed by atoms with Crippen molar-refractivity contribution >= 4 is 21.5 Å². The van der Waals surface area contributed by atoms with Gasteiger partial charge in [-0.25, -0.2) is 8.42 Å². The molecule has 5 nitrogen and oxygen atoms in total. The molecular formula is C28H26N2O3S. The fraction of sp³-hybridized carbons (Fsp3) is 0.143. The molecule has 1 aromatic heterocycles. The maximum atomic E-state index is 13.5. The van der Waals surface area contributed by atoms with Crippen molar-refractivity contribution in [3.63, 3.8) is 0 Å². The second kappa shape index (κ2) is 10.4. The summed E-state index contributed by atoms with van der Waals surface area (Å²) in [6, 6.07) is 27.4. The van der Waals surface area contributed by atoms with Crippen LogP contribution in [0.2, 0.25) is 0 Å². The molecule has 1 heterocycles. The number of nitrogens with zero attached hydrogens (tertiary/aromatic N) is 2. The Morgan fingerprint density at radius 3 is 2.24 bits per heavy atom.